The summed E-state index contributed by atoms with van der Waals surface area (Å²) < 4.78 is 8.77. The van der Waals surface area contributed by atoms with Crippen molar-refractivity contribution in [3.05, 3.63) is 66.7 Å². The summed E-state index contributed by atoms with van der Waals surface area (Å²) in [6.07, 6.45) is 6.50. The predicted octanol–water partition coefficient (Wildman–Crippen LogP) is 4.13. The molecule has 0 amide bonds. The molecule has 0 bridgehead atoms. The topological polar surface area (TPSA) is 74.8 Å². The first kappa shape index (κ1) is 17.9. The second-order valence-corrected chi connectivity index (χ2v) is 7.57. The lowest BCUT2D eigenvalue weighted by atomic mass is 10.1. The Balaban J connectivity index is 1.71. The Morgan fingerprint density at radius 3 is 2.64 bits per heavy atom. The lowest BCUT2D eigenvalue weighted by molar-refractivity contribution is 0.0544. The van der Waals surface area contributed by atoms with E-state index in [1.165, 1.54) is 4.57 Å². The number of hydrogen-bond acceptors (Lipinski definition) is 5. The molecular formula is C21H21N5O2. The third kappa shape index (κ3) is 3.64. The van der Waals surface area contributed by atoms with Crippen molar-refractivity contribution in [2.75, 3.05) is 0 Å². The summed E-state index contributed by atoms with van der Waals surface area (Å²) in [5.41, 5.74) is 2.72. The summed E-state index contributed by atoms with van der Waals surface area (Å²) in [5.74, 6) is 0. The van der Waals surface area contributed by atoms with Gasteiger partial charge in [-0.1, -0.05) is 35.5 Å². The van der Waals surface area contributed by atoms with Crippen LogP contribution in [0.25, 0.3) is 22.2 Å². The Hall–Kier alpha value is -3.48. The van der Waals surface area contributed by atoms with Gasteiger partial charge in [0, 0.05) is 23.3 Å². The van der Waals surface area contributed by atoms with Gasteiger partial charge >= 0.3 is 6.09 Å². The Kier molecular flexibility index (Phi) is 4.43. The highest BCUT2D eigenvalue weighted by molar-refractivity contribution is 5.99. The van der Waals surface area contributed by atoms with E-state index in [0.29, 0.717) is 17.8 Å². The molecule has 7 heteroatoms. The van der Waals surface area contributed by atoms with E-state index in [1.54, 1.807) is 23.3 Å². The number of carbonyl (C=O) groups is 1. The van der Waals surface area contributed by atoms with E-state index in [0.717, 1.165) is 16.5 Å². The molecule has 0 N–H and O–H groups in total. The van der Waals surface area contributed by atoms with Gasteiger partial charge in [-0.15, -0.1) is 5.10 Å². The summed E-state index contributed by atoms with van der Waals surface area (Å²) in [6, 6.07) is 11.9. The third-order valence-electron chi connectivity index (χ3n) is 4.20. The van der Waals surface area contributed by atoms with Crippen molar-refractivity contribution in [3.8, 4) is 11.3 Å². The minimum Gasteiger partial charge on any atom is -0.443 e. The fraction of sp³-hybridized carbons (Fsp3) is 0.238. The lowest BCUT2D eigenvalue weighted by Gasteiger charge is -2.19. The molecule has 1 aromatic carbocycles. The van der Waals surface area contributed by atoms with Crippen molar-refractivity contribution in [2.24, 2.45) is 0 Å². The van der Waals surface area contributed by atoms with E-state index in [9.17, 15) is 4.79 Å². The number of hydrogen-bond donors (Lipinski definition) is 0. The fourth-order valence-corrected chi connectivity index (χ4v) is 3.01. The number of rotatable bonds is 3. The molecule has 0 saturated heterocycles. The summed E-state index contributed by atoms with van der Waals surface area (Å²) >= 11 is 0. The molecule has 0 fully saturated rings. The van der Waals surface area contributed by atoms with Crippen molar-refractivity contribution >= 4 is 17.0 Å². The largest absolute Gasteiger partial charge is 0.443 e. The summed E-state index contributed by atoms with van der Waals surface area (Å²) in [4.78, 5) is 16.8. The molecule has 142 valence electrons. The van der Waals surface area contributed by atoms with Crippen LogP contribution in [-0.4, -0.2) is 36.2 Å². The third-order valence-corrected chi connectivity index (χ3v) is 4.20. The zero-order valence-corrected chi connectivity index (χ0v) is 16.0. The van der Waals surface area contributed by atoms with Crippen molar-refractivity contribution in [2.45, 2.75) is 32.9 Å². The molecule has 4 rings (SSSR count). The quantitative estimate of drug-likeness (QED) is 0.538. The van der Waals surface area contributed by atoms with Gasteiger partial charge in [-0.3, -0.25) is 9.55 Å². The molecular weight excluding hydrogens is 354 g/mol. The highest BCUT2D eigenvalue weighted by Gasteiger charge is 2.22. The van der Waals surface area contributed by atoms with Crippen LogP contribution in [0.3, 0.4) is 0 Å². The van der Waals surface area contributed by atoms with Crippen LogP contribution in [0.15, 0.2) is 61.2 Å². The monoisotopic (exact) mass is 375 g/mol. The maximum absolute atomic E-state index is 12.6. The minimum atomic E-state index is -0.588. The van der Waals surface area contributed by atoms with Crippen LogP contribution >= 0.6 is 0 Å². The number of ether oxygens (including phenoxy) is 1. The second kappa shape index (κ2) is 6.92. The van der Waals surface area contributed by atoms with Gasteiger partial charge in [0.1, 0.15) is 11.3 Å². The Labute approximate surface area is 162 Å². The SMILES string of the molecule is CC(C)(C)OC(=O)n1cc(-c2cn(Cc3ccccc3)nn2)c2ccncc21. The molecule has 0 aliphatic heterocycles. The van der Waals surface area contributed by atoms with Gasteiger partial charge in [0.25, 0.3) is 0 Å². The maximum Gasteiger partial charge on any atom is 0.419 e. The number of fused-ring (bicyclic) bond motifs is 1. The molecule has 0 unspecified atom stereocenters. The minimum absolute atomic E-state index is 0.451. The zero-order valence-electron chi connectivity index (χ0n) is 16.0. The molecule has 28 heavy (non-hydrogen) atoms. The van der Waals surface area contributed by atoms with Gasteiger partial charge in [0.15, 0.2) is 0 Å². The van der Waals surface area contributed by atoms with Crippen molar-refractivity contribution < 1.29 is 9.53 Å². The van der Waals surface area contributed by atoms with Crippen LogP contribution in [0, 0.1) is 0 Å². The summed E-state index contributed by atoms with van der Waals surface area (Å²) in [6.45, 7) is 6.14. The summed E-state index contributed by atoms with van der Waals surface area (Å²) in [7, 11) is 0. The molecule has 0 saturated carbocycles. The summed E-state index contributed by atoms with van der Waals surface area (Å²) in [5, 5.41) is 9.41. The van der Waals surface area contributed by atoms with Crippen LogP contribution in [0.1, 0.15) is 26.3 Å². The van der Waals surface area contributed by atoms with E-state index < -0.39 is 11.7 Å². The van der Waals surface area contributed by atoms with Crippen LogP contribution in [-0.2, 0) is 11.3 Å². The van der Waals surface area contributed by atoms with Gasteiger partial charge in [-0.05, 0) is 32.4 Å². The van der Waals surface area contributed by atoms with Gasteiger partial charge < -0.3 is 4.74 Å². The van der Waals surface area contributed by atoms with E-state index >= 15 is 0 Å². The average Bonchev–Trinajstić information content (AvgIpc) is 3.25. The highest BCUT2D eigenvalue weighted by atomic mass is 16.6. The molecule has 3 heterocycles. The van der Waals surface area contributed by atoms with Crippen LogP contribution in [0.4, 0.5) is 4.79 Å². The molecule has 0 atom stereocenters. The van der Waals surface area contributed by atoms with Crippen LogP contribution < -0.4 is 0 Å². The lowest BCUT2D eigenvalue weighted by Crippen LogP contribution is -2.26. The second-order valence-electron chi connectivity index (χ2n) is 7.57. The zero-order chi connectivity index (χ0) is 19.7. The molecule has 3 aromatic heterocycles. The molecule has 4 aromatic rings. The van der Waals surface area contributed by atoms with E-state index in [-0.39, 0.29) is 0 Å². The standard InChI is InChI=1S/C21H21N5O2/c1-21(2,3)28-20(27)26-13-17(16-9-10-22-11-19(16)26)18-14-25(24-23-18)12-15-7-5-4-6-8-15/h4-11,13-14H,12H2,1-3H3. The molecule has 7 nitrogen and oxygen atoms in total. The first-order valence-electron chi connectivity index (χ1n) is 9.03. The number of carbonyl (C=O) groups excluding carboxylic acids is 1. The Bertz CT molecular complexity index is 1120. The van der Waals surface area contributed by atoms with Crippen LogP contribution in [0.5, 0.6) is 0 Å². The predicted molar refractivity (Wildman–Crippen MR) is 106 cm³/mol. The van der Waals surface area contributed by atoms with E-state index in [1.807, 2.05) is 63.4 Å². The van der Waals surface area contributed by atoms with Gasteiger partial charge in [-0.25, -0.2) is 9.48 Å². The fourth-order valence-electron chi connectivity index (χ4n) is 3.01. The Morgan fingerprint density at radius 2 is 1.89 bits per heavy atom. The number of pyridine rings is 1. The van der Waals surface area contributed by atoms with E-state index in [2.05, 4.69) is 15.3 Å². The van der Waals surface area contributed by atoms with Crippen molar-refractivity contribution in [1.82, 2.24) is 24.5 Å². The van der Waals surface area contributed by atoms with Gasteiger partial charge in [0.05, 0.1) is 24.5 Å². The van der Waals surface area contributed by atoms with Gasteiger partial charge in [0.2, 0.25) is 0 Å². The Morgan fingerprint density at radius 1 is 1.11 bits per heavy atom. The van der Waals surface area contributed by atoms with Crippen molar-refractivity contribution in [1.29, 1.82) is 0 Å². The molecule has 0 aliphatic rings. The van der Waals surface area contributed by atoms with Gasteiger partial charge in [-0.2, -0.15) is 0 Å². The number of nitrogens with zero attached hydrogens (tertiary/aromatic N) is 5. The molecule has 0 spiro atoms. The smallest absolute Gasteiger partial charge is 0.419 e. The highest BCUT2D eigenvalue weighted by Crippen LogP contribution is 2.29. The first-order chi connectivity index (χ1) is 13.4. The normalized spacial score (nSPS) is 11.7. The number of benzene rings is 1. The van der Waals surface area contributed by atoms with Crippen molar-refractivity contribution in [3.63, 3.8) is 0 Å². The maximum atomic E-state index is 12.6. The number of aromatic nitrogens is 5. The van der Waals surface area contributed by atoms with Crippen LogP contribution in [0.2, 0.25) is 0 Å². The first-order valence-corrected chi connectivity index (χ1v) is 9.03. The molecule has 0 radical (unpaired) electrons. The van der Waals surface area contributed by atoms with E-state index in [4.69, 9.17) is 4.74 Å². The average molecular weight is 375 g/mol. The molecule has 0 aliphatic carbocycles.